The third kappa shape index (κ3) is 12.5. The van der Waals surface area contributed by atoms with Crippen molar-refractivity contribution in [2.45, 2.75) is 109 Å². The molecule has 2 N–H and O–H groups in total. The van der Waals surface area contributed by atoms with Gasteiger partial charge in [0.2, 0.25) is 11.8 Å². The summed E-state index contributed by atoms with van der Waals surface area (Å²) < 4.78 is 45.8. The number of ether oxygens (including phenoxy) is 4. The van der Waals surface area contributed by atoms with Crippen LogP contribution in [0.4, 0.5) is 0 Å². The Kier molecular flexibility index (Phi) is 12.6. The highest BCUT2D eigenvalue weighted by molar-refractivity contribution is 7.90. The molecular formula is C31H48N2O9S. The summed E-state index contributed by atoms with van der Waals surface area (Å²) >= 11 is 0. The Hall–Kier alpha value is -2.54. The van der Waals surface area contributed by atoms with Crippen molar-refractivity contribution in [3.8, 4) is 0 Å². The molecule has 0 aliphatic carbocycles. The maximum atomic E-state index is 12.4. The number of carbonyl (C=O) groups excluding carboxylic acids is 3. The average molecular weight is 625 g/mol. The highest BCUT2D eigenvalue weighted by atomic mass is 32.2. The molecule has 0 aromatic rings. The Bertz CT molecular complexity index is 1190. The molecule has 8 atom stereocenters. The number of rotatable bonds is 13. The molecule has 3 rings (SSSR count). The number of sulfone groups is 1. The second kappa shape index (κ2) is 15.5. The number of amides is 2. The van der Waals surface area contributed by atoms with E-state index in [0.717, 1.165) is 31.1 Å². The Morgan fingerprint density at radius 2 is 1.84 bits per heavy atom. The van der Waals surface area contributed by atoms with Crippen molar-refractivity contribution in [2.75, 3.05) is 25.2 Å². The van der Waals surface area contributed by atoms with Crippen LogP contribution in [0, 0.1) is 5.92 Å². The average Bonchev–Trinajstić information content (AvgIpc) is 3.63. The fraction of sp³-hybridized carbons (Fsp3) is 0.710. The first kappa shape index (κ1) is 34.9. The zero-order valence-corrected chi connectivity index (χ0v) is 27.0. The molecule has 1 unspecified atom stereocenters. The Morgan fingerprint density at radius 1 is 1.12 bits per heavy atom. The largest absolute Gasteiger partial charge is 0.459 e. The molecule has 3 heterocycles. The first-order valence-electron chi connectivity index (χ1n) is 15.0. The summed E-state index contributed by atoms with van der Waals surface area (Å²) in [5.74, 6) is -0.730. The van der Waals surface area contributed by atoms with Gasteiger partial charge in [-0.1, -0.05) is 30.7 Å². The van der Waals surface area contributed by atoms with Gasteiger partial charge in [0.25, 0.3) is 0 Å². The lowest BCUT2D eigenvalue weighted by atomic mass is 9.88. The van der Waals surface area contributed by atoms with Crippen LogP contribution in [-0.4, -0.2) is 93.5 Å². The summed E-state index contributed by atoms with van der Waals surface area (Å²) in [5.41, 5.74) is 0.827. The quantitative estimate of drug-likeness (QED) is 0.136. The van der Waals surface area contributed by atoms with E-state index in [1.807, 2.05) is 26.0 Å². The minimum absolute atomic E-state index is 0.0192. The number of epoxide rings is 1. The van der Waals surface area contributed by atoms with Crippen molar-refractivity contribution in [3.63, 3.8) is 0 Å². The molecule has 0 radical (unpaired) electrons. The maximum Gasteiger partial charge on any atom is 0.303 e. The molecule has 2 amide bonds. The van der Waals surface area contributed by atoms with Crippen LogP contribution in [0.15, 0.2) is 36.0 Å². The molecular weight excluding hydrogens is 576 g/mol. The fourth-order valence-electron chi connectivity index (χ4n) is 5.53. The molecule has 0 aromatic heterocycles. The summed E-state index contributed by atoms with van der Waals surface area (Å²) in [5, 5.41) is 5.67. The molecule has 0 saturated carbocycles. The Balaban J connectivity index is 1.46. The van der Waals surface area contributed by atoms with E-state index >= 15 is 0 Å². The third-order valence-corrected chi connectivity index (χ3v) is 8.91. The zero-order chi connectivity index (χ0) is 31.8. The van der Waals surface area contributed by atoms with Crippen molar-refractivity contribution >= 4 is 27.6 Å². The first-order valence-corrected chi connectivity index (χ1v) is 17.1. The number of hydrogen-bond acceptors (Lipinski definition) is 9. The van der Waals surface area contributed by atoms with Crippen molar-refractivity contribution in [1.82, 2.24) is 10.6 Å². The zero-order valence-electron chi connectivity index (χ0n) is 26.2. The summed E-state index contributed by atoms with van der Waals surface area (Å²) in [7, 11) is -3.14. The molecule has 3 saturated heterocycles. The Labute approximate surface area is 255 Å². The van der Waals surface area contributed by atoms with Crippen LogP contribution in [0.25, 0.3) is 0 Å². The number of carbonyl (C=O) groups is 3. The number of hydrogen-bond donors (Lipinski definition) is 2. The highest BCUT2D eigenvalue weighted by Gasteiger charge is 2.51. The molecule has 3 aliphatic heterocycles. The van der Waals surface area contributed by atoms with E-state index < -0.39 is 21.9 Å². The molecule has 1 spiro atoms. The molecule has 3 fully saturated rings. The fourth-order valence-corrected chi connectivity index (χ4v) is 6.00. The maximum absolute atomic E-state index is 12.4. The van der Waals surface area contributed by atoms with Gasteiger partial charge in [-0.05, 0) is 45.6 Å². The minimum atomic E-state index is -3.14. The van der Waals surface area contributed by atoms with Crippen LogP contribution >= 0.6 is 0 Å². The van der Waals surface area contributed by atoms with E-state index in [1.165, 1.54) is 13.0 Å². The molecule has 11 nitrogen and oxygen atoms in total. The molecule has 242 valence electrons. The van der Waals surface area contributed by atoms with E-state index in [2.05, 4.69) is 23.6 Å². The number of nitrogens with one attached hydrogen (secondary N) is 2. The van der Waals surface area contributed by atoms with E-state index in [0.29, 0.717) is 13.0 Å². The lowest BCUT2D eigenvalue weighted by molar-refractivity contribution is -0.143. The van der Waals surface area contributed by atoms with E-state index in [9.17, 15) is 22.8 Å². The van der Waals surface area contributed by atoms with Gasteiger partial charge in [-0.25, -0.2) is 8.42 Å². The minimum Gasteiger partial charge on any atom is -0.459 e. The summed E-state index contributed by atoms with van der Waals surface area (Å²) in [4.78, 5) is 35.7. The lowest BCUT2D eigenvalue weighted by Crippen LogP contribution is -2.50. The van der Waals surface area contributed by atoms with E-state index in [1.54, 1.807) is 13.0 Å². The van der Waals surface area contributed by atoms with E-state index in [4.69, 9.17) is 18.9 Å². The van der Waals surface area contributed by atoms with Crippen LogP contribution in [0.1, 0.15) is 66.7 Å². The van der Waals surface area contributed by atoms with E-state index in [-0.39, 0.29) is 72.5 Å². The van der Waals surface area contributed by atoms with Crippen molar-refractivity contribution in [2.24, 2.45) is 5.92 Å². The van der Waals surface area contributed by atoms with Crippen molar-refractivity contribution < 1.29 is 41.7 Å². The standard InChI is InChI=1S/C31H48N2O9S/c1-20(7-10-25-17-31(19-39-31)18-26(42-25)16-30(36)32-13-14-43(6,37)38)8-11-28-21(2)15-27(23(4)41-28)33-29(35)12-9-22(3)40-24(5)34/h7-10,12,21-23,25-28H,11,13-19H2,1-6H3,(H,32,36)(H,33,35)/b10-7+,12-9?,20-8+/t21-,22?,23+,25+,26+,27+,28-,31+/m0/s1. The highest BCUT2D eigenvalue weighted by Crippen LogP contribution is 2.43. The topological polar surface area (TPSA) is 150 Å². The van der Waals surface area contributed by atoms with Gasteiger partial charge < -0.3 is 29.6 Å². The van der Waals surface area contributed by atoms with Crippen molar-refractivity contribution in [3.05, 3.63) is 36.0 Å². The van der Waals surface area contributed by atoms with Gasteiger partial charge in [0.05, 0.1) is 54.8 Å². The normalized spacial score (nSPS) is 32.1. The molecule has 12 heteroatoms. The lowest BCUT2D eigenvalue weighted by Gasteiger charge is -2.39. The molecule has 0 bridgehead atoms. The predicted octanol–water partition coefficient (Wildman–Crippen LogP) is 2.55. The summed E-state index contributed by atoms with van der Waals surface area (Å²) in [6.45, 7) is 9.88. The molecule has 43 heavy (non-hydrogen) atoms. The van der Waals surface area contributed by atoms with Gasteiger partial charge in [-0.2, -0.15) is 0 Å². The third-order valence-electron chi connectivity index (χ3n) is 7.96. The molecule has 3 aliphatic rings. The van der Waals surface area contributed by atoms with Gasteiger partial charge in [0, 0.05) is 38.6 Å². The number of allylic oxidation sites excluding steroid dienone is 2. The van der Waals surface area contributed by atoms with Gasteiger partial charge >= 0.3 is 5.97 Å². The van der Waals surface area contributed by atoms with Gasteiger partial charge in [0.1, 0.15) is 15.9 Å². The predicted molar refractivity (Wildman–Crippen MR) is 162 cm³/mol. The van der Waals surface area contributed by atoms with Gasteiger partial charge in [-0.3, -0.25) is 14.4 Å². The van der Waals surface area contributed by atoms with Crippen LogP contribution in [0.5, 0.6) is 0 Å². The smallest absolute Gasteiger partial charge is 0.303 e. The van der Waals surface area contributed by atoms with Crippen LogP contribution in [-0.2, 0) is 43.2 Å². The monoisotopic (exact) mass is 624 g/mol. The van der Waals surface area contributed by atoms with Crippen LogP contribution in [0.2, 0.25) is 0 Å². The van der Waals surface area contributed by atoms with Crippen molar-refractivity contribution in [1.29, 1.82) is 0 Å². The van der Waals surface area contributed by atoms with Gasteiger partial charge in [-0.15, -0.1) is 0 Å². The SMILES string of the molecule is CC(=O)OC(C)C=CC(=O)N[C@@H]1C[C@H](C)[C@H](C/C=C(C)/C=C/[C@@H]2C[C@]3(CO3)C[C@@H](CC(=O)NCCS(C)(=O)=O)O2)O[C@@H]1C. The second-order valence-electron chi connectivity index (χ2n) is 12.3. The Morgan fingerprint density at radius 3 is 2.49 bits per heavy atom. The first-order chi connectivity index (χ1) is 20.1. The molecule has 0 aromatic carbocycles. The van der Waals surface area contributed by atoms with Crippen LogP contribution < -0.4 is 10.6 Å². The second-order valence-corrected chi connectivity index (χ2v) is 14.5. The number of esters is 1. The van der Waals surface area contributed by atoms with Crippen LogP contribution in [0.3, 0.4) is 0 Å². The summed E-state index contributed by atoms with van der Waals surface area (Å²) in [6.07, 6.45) is 12.2. The summed E-state index contributed by atoms with van der Waals surface area (Å²) in [6, 6.07) is -0.118. The van der Waals surface area contributed by atoms with Gasteiger partial charge in [0.15, 0.2) is 0 Å².